The van der Waals surface area contributed by atoms with Gasteiger partial charge < -0.3 is 14.6 Å². The summed E-state index contributed by atoms with van der Waals surface area (Å²) in [6, 6.07) is 6.83. The van der Waals surface area contributed by atoms with Crippen molar-refractivity contribution in [3.8, 4) is 0 Å². The number of hydrogen-bond donors (Lipinski definition) is 1. The molecule has 1 aliphatic carbocycles. The number of aliphatic hydroxyl groups excluding tert-OH is 1. The summed E-state index contributed by atoms with van der Waals surface area (Å²) in [5.41, 5.74) is 0.928. The fourth-order valence-corrected chi connectivity index (χ4v) is 5.54. The Morgan fingerprint density at radius 3 is 2.77 bits per heavy atom. The summed E-state index contributed by atoms with van der Waals surface area (Å²) in [5.74, 6) is 0.0516. The van der Waals surface area contributed by atoms with Gasteiger partial charge in [-0.1, -0.05) is 61.0 Å². The van der Waals surface area contributed by atoms with Crippen molar-refractivity contribution in [3.63, 3.8) is 0 Å². The first-order valence-electron chi connectivity index (χ1n) is 12.5. The molecule has 3 rings (SSSR count). The van der Waals surface area contributed by atoms with Crippen LogP contribution in [0.1, 0.15) is 57.9 Å². The quantitative estimate of drug-likeness (QED) is 0.201. The second-order valence-corrected chi connectivity index (χ2v) is 10.6. The van der Waals surface area contributed by atoms with Gasteiger partial charge in [-0.05, 0) is 68.6 Å². The lowest BCUT2D eigenvalue weighted by atomic mass is 9.69. The summed E-state index contributed by atoms with van der Waals surface area (Å²) in [4.78, 5) is 11.3. The SMILES string of the molecule is COC(=O)CCC/C=C\C[C@H]1[C@H](/C=C/[C@@H](O)C(C)C/C=C(/C)Cl)[C@@H]2C[C@@]1(c1ccc(F)cc1)CO2. The van der Waals surface area contributed by atoms with Crippen molar-refractivity contribution in [2.45, 2.75) is 70.0 Å². The average molecular weight is 505 g/mol. The van der Waals surface area contributed by atoms with Gasteiger partial charge in [0.05, 0.1) is 25.9 Å². The first-order valence-corrected chi connectivity index (χ1v) is 12.9. The highest BCUT2D eigenvalue weighted by Gasteiger charge is 2.58. The lowest BCUT2D eigenvalue weighted by Crippen LogP contribution is -2.39. The van der Waals surface area contributed by atoms with Crippen molar-refractivity contribution in [2.75, 3.05) is 13.7 Å². The zero-order chi connectivity index (χ0) is 25.4. The molecule has 2 fully saturated rings. The zero-order valence-corrected chi connectivity index (χ0v) is 21.7. The number of carbonyl (C=O) groups is 1. The molecule has 1 N–H and O–H groups in total. The Labute approximate surface area is 213 Å². The van der Waals surface area contributed by atoms with E-state index in [1.165, 1.54) is 19.2 Å². The Morgan fingerprint density at radius 1 is 1.34 bits per heavy atom. The van der Waals surface area contributed by atoms with Crippen molar-refractivity contribution in [3.05, 3.63) is 71.1 Å². The van der Waals surface area contributed by atoms with Crippen LogP contribution < -0.4 is 0 Å². The lowest BCUT2D eigenvalue weighted by molar-refractivity contribution is -0.140. The van der Waals surface area contributed by atoms with E-state index in [9.17, 15) is 14.3 Å². The minimum Gasteiger partial charge on any atom is -0.469 e. The molecule has 1 aliphatic heterocycles. The lowest BCUT2D eigenvalue weighted by Gasteiger charge is -2.38. The van der Waals surface area contributed by atoms with Crippen LogP contribution in [-0.2, 0) is 19.7 Å². The monoisotopic (exact) mass is 504 g/mol. The number of methoxy groups -OCH3 is 1. The molecule has 0 radical (unpaired) electrons. The molecule has 4 nitrogen and oxygen atoms in total. The van der Waals surface area contributed by atoms with E-state index in [2.05, 4.69) is 18.2 Å². The Bertz CT molecular complexity index is 921. The van der Waals surface area contributed by atoms with E-state index in [-0.39, 0.29) is 41.1 Å². The Kier molecular flexibility index (Phi) is 10.1. The third-order valence-electron chi connectivity index (χ3n) is 7.56. The van der Waals surface area contributed by atoms with Crippen LogP contribution in [0.25, 0.3) is 0 Å². The van der Waals surface area contributed by atoms with Gasteiger partial charge in [0.25, 0.3) is 0 Å². The Morgan fingerprint density at radius 2 is 2.09 bits per heavy atom. The maximum atomic E-state index is 13.7. The highest BCUT2D eigenvalue weighted by atomic mass is 35.5. The number of fused-ring (bicyclic) bond motifs is 2. The first kappa shape index (κ1) is 27.6. The number of rotatable bonds is 12. The van der Waals surface area contributed by atoms with Crippen LogP contribution in [0.4, 0.5) is 4.39 Å². The molecule has 6 heteroatoms. The number of unbranched alkanes of at least 4 members (excludes halogenated alkanes) is 1. The zero-order valence-electron chi connectivity index (χ0n) is 21.0. The molecule has 1 aromatic rings. The molecular weight excluding hydrogens is 467 g/mol. The molecule has 2 aliphatic rings. The number of aliphatic hydroxyl groups is 1. The van der Waals surface area contributed by atoms with E-state index in [1.54, 1.807) is 0 Å². The van der Waals surface area contributed by atoms with Gasteiger partial charge in [0, 0.05) is 22.8 Å². The minimum absolute atomic E-state index is 0.0543. The van der Waals surface area contributed by atoms with Crippen LogP contribution >= 0.6 is 11.6 Å². The van der Waals surface area contributed by atoms with E-state index >= 15 is 0 Å². The molecule has 6 atom stereocenters. The van der Waals surface area contributed by atoms with Crippen LogP contribution in [0.5, 0.6) is 0 Å². The van der Waals surface area contributed by atoms with Crippen LogP contribution in [0.3, 0.4) is 0 Å². The number of ether oxygens (including phenoxy) is 2. The molecule has 0 aromatic heterocycles. The van der Waals surface area contributed by atoms with Crippen molar-refractivity contribution in [1.82, 2.24) is 0 Å². The van der Waals surface area contributed by atoms with Gasteiger partial charge >= 0.3 is 5.97 Å². The summed E-state index contributed by atoms with van der Waals surface area (Å²) in [7, 11) is 1.41. The first-order chi connectivity index (χ1) is 16.8. The number of carbonyl (C=O) groups excluding carboxylic acids is 1. The summed E-state index contributed by atoms with van der Waals surface area (Å²) in [5, 5.41) is 11.4. The van der Waals surface area contributed by atoms with Gasteiger partial charge in [-0.2, -0.15) is 0 Å². The van der Waals surface area contributed by atoms with Crippen molar-refractivity contribution >= 4 is 17.6 Å². The molecule has 0 amide bonds. The van der Waals surface area contributed by atoms with Crippen LogP contribution in [0.2, 0.25) is 0 Å². The predicted octanol–water partition coefficient (Wildman–Crippen LogP) is 6.47. The molecule has 1 unspecified atom stereocenters. The molecule has 35 heavy (non-hydrogen) atoms. The molecule has 1 saturated heterocycles. The normalized spacial score (nSPS) is 28.2. The third kappa shape index (κ3) is 7.05. The summed E-state index contributed by atoms with van der Waals surface area (Å²) in [6.45, 7) is 4.47. The Balaban J connectivity index is 1.75. The fraction of sp³-hybridized carbons (Fsp3) is 0.552. The topological polar surface area (TPSA) is 55.8 Å². The van der Waals surface area contributed by atoms with Gasteiger partial charge in [-0.15, -0.1) is 0 Å². The highest BCUT2D eigenvalue weighted by molar-refractivity contribution is 6.29. The molecule has 1 aromatic carbocycles. The van der Waals surface area contributed by atoms with Crippen molar-refractivity contribution in [1.29, 1.82) is 0 Å². The van der Waals surface area contributed by atoms with Crippen LogP contribution in [-0.4, -0.2) is 37.0 Å². The Hall–Kier alpha value is -1.95. The second-order valence-electron chi connectivity index (χ2n) is 9.96. The van der Waals surface area contributed by atoms with Crippen molar-refractivity contribution < 1.29 is 23.8 Å². The fourth-order valence-electron chi connectivity index (χ4n) is 5.45. The van der Waals surface area contributed by atoms with Gasteiger partial charge in [0.1, 0.15) is 5.82 Å². The van der Waals surface area contributed by atoms with Gasteiger partial charge in [0.2, 0.25) is 0 Å². The van der Waals surface area contributed by atoms with Gasteiger partial charge in [-0.3, -0.25) is 4.79 Å². The molecule has 2 bridgehead atoms. The third-order valence-corrected chi connectivity index (χ3v) is 7.72. The molecule has 192 valence electrons. The van der Waals surface area contributed by atoms with E-state index in [1.807, 2.05) is 38.1 Å². The summed E-state index contributed by atoms with van der Waals surface area (Å²) < 4.78 is 24.6. The van der Waals surface area contributed by atoms with E-state index in [0.717, 1.165) is 36.3 Å². The summed E-state index contributed by atoms with van der Waals surface area (Å²) in [6.07, 6.45) is 14.2. The highest BCUT2D eigenvalue weighted by Crippen LogP contribution is 2.57. The number of hydrogen-bond acceptors (Lipinski definition) is 4. The second kappa shape index (κ2) is 12.8. The maximum absolute atomic E-state index is 13.7. The molecule has 1 saturated carbocycles. The van der Waals surface area contributed by atoms with E-state index in [0.29, 0.717) is 19.4 Å². The minimum atomic E-state index is -0.572. The van der Waals surface area contributed by atoms with Gasteiger partial charge in [0.15, 0.2) is 0 Å². The molecule has 0 spiro atoms. The van der Waals surface area contributed by atoms with E-state index in [4.69, 9.17) is 21.1 Å². The number of halogens is 2. The molecular formula is C29H38ClFO4. The predicted molar refractivity (Wildman–Crippen MR) is 138 cm³/mol. The number of benzene rings is 1. The van der Waals surface area contributed by atoms with Crippen LogP contribution in [0.15, 0.2) is 59.7 Å². The number of esters is 1. The molecule has 1 heterocycles. The van der Waals surface area contributed by atoms with Crippen molar-refractivity contribution in [2.24, 2.45) is 17.8 Å². The largest absolute Gasteiger partial charge is 0.469 e. The van der Waals surface area contributed by atoms with E-state index < -0.39 is 6.10 Å². The number of allylic oxidation sites excluding steroid dienone is 4. The smallest absolute Gasteiger partial charge is 0.305 e. The van der Waals surface area contributed by atoms with Crippen LogP contribution in [0, 0.1) is 23.6 Å². The van der Waals surface area contributed by atoms with Gasteiger partial charge in [-0.25, -0.2) is 4.39 Å². The summed E-state index contributed by atoms with van der Waals surface area (Å²) >= 11 is 5.95. The average Bonchev–Trinajstić information content (AvgIpc) is 3.41. The maximum Gasteiger partial charge on any atom is 0.305 e. The standard InChI is InChI=1S/C29H38ClFO4/c1-20(10-11-21(2)30)26(32)17-16-24-25(8-6-4-5-7-9-28(33)34-3)29(18-27(24)35-19-29)22-12-14-23(31)15-13-22/h4,6,11-17,20,24-27,32H,5,7-10,18-19H2,1-3H3/b6-4-,17-16+,21-11-/t20?,24-,25-,26+,27-,29-/m0/s1.